The van der Waals surface area contributed by atoms with E-state index in [0.29, 0.717) is 5.82 Å². The summed E-state index contributed by atoms with van der Waals surface area (Å²) < 4.78 is 1.82. The highest BCUT2D eigenvalue weighted by atomic mass is 15.3. The Morgan fingerprint density at radius 3 is 2.69 bits per heavy atom. The lowest BCUT2D eigenvalue weighted by Gasteiger charge is -2.09. The van der Waals surface area contributed by atoms with Crippen LogP contribution in [0.1, 0.15) is 23.7 Å². The van der Waals surface area contributed by atoms with E-state index in [1.807, 2.05) is 22.9 Å². The number of nitrogen functional groups attached to an aromatic ring is 1. The highest BCUT2D eigenvalue weighted by Gasteiger charge is 2.08. The molecule has 0 spiro atoms. The molecule has 1 aromatic heterocycles. The van der Waals surface area contributed by atoms with Crippen LogP contribution in [0.25, 0.3) is 5.69 Å². The zero-order valence-corrected chi connectivity index (χ0v) is 9.99. The van der Waals surface area contributed by atoms with Crippen molar-refractivity contribution in [1.82, 2.24) is 9.78 Å². The van der Waals surface area contributed by atoms with Crippen molar-refractivity contribution in [3.8, 4) is 5.69 Å². The standard InChI is InChI=1S/C13H17N3/c1-4-11-8-13(14)16(15-11)12-7-5-6-9(2)10(12)3/h5-8H,4,14H2,1-3H3. The molecule has 0 atom stereocenters. The van der Waals surface area contributed by atoms with E-state index in [9.17, 15) is 0 Å². The van der Waals surface area contributed by atoms with Crippen LogP contribution in [0.5, 0.6) is 0 Å². The van der Waals surface area contributed by atoms with Crippen molar-refractivity contribution in [2.24, 2.45) is 0 Å². The third kappa shape index (κ3) is 1.69. The molecule has 0 amide bonds. The maximum absolute atomic E-state index is 5.97. The van der Waals surface area contributed by atoms with Gasteiger partial charge >= 0.3 is 0 Å². The molecule has 3 nitrogen and oxygen atoms in total. The molecule has 0 unspecified atom stereocenters. The highest BCUT2D eigenvalue weighted by molar-refractivity contribution is 5.49. The number of aryl methyl sites for hydroxylation is 2. The fourth-order valence-electron chi connectivity index (χ4n) is 1.78. The van der Waals surface area contributed by atoms with E-state index in [1.54, 1.807) is 0 Å². The van der Waals surface area contributed by atoms with Gasteiger partial charge in [0, 0.05) is 6.07 Å². The molecule has 0 radical (unpaired) electrons. The lowest BCUT2D eigenvalue weighted by molar-refractivity contribution is 0.842. The molecule has 2 aromatic rings. The van der Waals surface area contributed by atoms with E-state index >= 15 is 0 Å². The summed E-state index contributed by atoms with van der Waals surface area (Å²) in [4.78, 5) is 0. The molecule has 2 rings (SSSR count). The second-order valence-electron chi connectivity index (χ2n) is 4.04. The molecular weight excluding hydrogens is 198 g/mol. The number of nitrogens with zero attached hydrogens (tertiary/aromatic N) is 2. The summed E-state index contributed by atoms with van der Waals surface area (Å²) in [5, 5.41) is 4.49. The third-order valence-electron chi connectivity index (χ3n) is 2.95. The van der Waals surface area contributed by atoms with Gasteiger partial charge in [-0.15, -0.1) is 0 Å². The van der Waals surface area contributed by atoms with Gasteiger partial charge in [-0.25, -0.2) is 4.68 Å². The molecule has 0 aliphatic rings. The Kier molecular flexibility index (Phi) is 2.69. The van der Waals surface area contributed by atoms with Gasteiger partial charge < -0.3 is 5.73 Å². The van der Waals surface area contributed by atoms with Crippen molar-refractivity contribution < 1.29 is 0 Å². The summed E-state index contributed by atoms with van der Waals surface area (Å²) >= 11 is 0. The first-order valence-electron chi connectivity index (χ1n) is 5.54. The van der Waals surface area contributed by atoms with Gasteiger partial charge in [0.25, 0.3) is 0 Å². The molecule has 84 valence electrons. The molecule has 1 heterocycles. The van der Waals surface area contributed by atoms with E-state index in [0.717, 1.165) is 17.8 Å². The minimum atomic E-state index is 0.700. The van der Waals surface area contributed by atoms with Gasteiger partial charge in [-0.05, 0) is 37.5 Å². The highest BCUT2D eigenvalue weighted by Crippen LogP contribution is 2.20. The SMILES string of the molecule is CCc1cc(N)n(-c2cccc(C)c2C)n1. The first-order valence-corrected chi connectivity index (χ1v) is 5.54. The van der Waals surface area contributed by atoms with Crippen LogP contribution in [0.2, 0.25) is 0 Å². The van der Waals surface area contributed by atoms with Crippen LogP contribution in [0.15, 0.2) is 24.3 Å². The minimum absolute atomic E-state index is 0.700. The Morgan fingerprint density at radius 1 is 1.31 bits per heavy atom. The lowest BCUT2D eigenvalue weighted by atomic mass is 10.1. The predicted octanol–water partition coefficient (Wildman–Crippen LogP) is 2.63. The number of rotatable bonds is 2. The number of aromatic nitrogens is 2. The van der Waals surface area contributed by atoms with Crippen molar-refractivity contribution in [1.29, 1.82) is 0 Å². The van der Waals surface area contributed by atoms with E-state index in [4.69, 9.17) is 5.73 Å². The molecule has 1 aromatic carbocycles. The maximum atomic E-state index is 5.97. The number of hydrogen-bond acceptors (Lipinski definition) is 2. The molecule has 0 saturated heterocycles. The summed E-state index contributed by atoms with van der Waals surface area (Å²) in [5.74, 6) is 0.700. The van der Waals surface area contributed by atoms with Crippen molar-refractivity contribution >= 4 is 5.82 Å². The normalized spacial score (nSPS) is 10.7. The zero-order valence-electron chi connectivity index (χ0n) is 9.99. The third-order valence-corrected chi connectivity index (χ3v) is 2.95. The van der Waals surface area contributed by atoms with Crippen LogP contribution in [-0.2, 0) is 6.42 Å². The molecule has 3 heteroatoms. The molecular formula is C13H17N3. The van der Waals surface area contributed by atoms with Crippen LogP contribution in [0.4, 0.5) is 5.82 Å². The summed E-state index contributed by atoms with van der Waals surface area (Å²) in [6, 6.07) is 8.11. The van der Waals surface area contributed by atoms with Crippen LogP contribution >= 0.6 is 0 Å². The first-order chi connectivity index (χ1) is 7.63. The monoisotopic (exact) mass is 215 g/mol. The number of benzene rings is 1. The first kappa shape index (κ1) is 10.7. The fourth-order valence-corrected chi connectivity index (χ4v) is 1.78. The van der Waals surface area contributed by atoms with E-state index in [2.05, 4.69) is 31.9 Å². The smallest absolute Gasteiger partial charge is 0.127 e. The van der Waals surface area contributed by atoms with E-state index in [1.165, 1.54) is 11.1 Å². The number of anilines is 1. The molecule has 0 saturated carbocycles. The predicted molar refractivity (Wildman–Crippen MR) is 66.8 cm³/mol. The summed E-state index contributed by atoms with van der Waals surface area (Å²) in [6.45, 7) is 6.27. The Bertz CT molecular complexity index is 512. The Hall–Kier alpha value is -1.77. The van der Waals surface area contributed by atoms with E-state index in [-0.39, 0.29) is 0 Å². The van der Waals surface area contributed by atoms with Gasteiger partial charge in [0.15, 0.2) is 0 Å². The number of nitrogens with two attached hydrogens (primary N) is 1. The Morgan fingerprint density at radius 2 is 2.06 bits per heavy atom. The largest absolute Gasteiger partial charge is 0.384 e. The second-order valence-corrected chi connectivity index (χ2v) is 4.04. The average Bonchev–Trinajstić information content (AvgIpc) is 2.64. The molecule has 2 N–H and O–H groups in total. The van der Waals surface area contributed by atoms with Gasteiger partial charge in [0.05, 0.1) is 11.4 Å². The molecule has 0 fully saturated rings. The summed E-state index contributed by atoms with van der Waals surface area (Å²) in [7, 11) is 0. The van der Waals surface area contributed by atoms with Gasteiger partial charge in [-0.3, -0.25) is 0 Å². The van der Waals surface area contributed by atoms with Crippen molar-refractivity contribution in [2.45, 2.75) is 27.2 Å². The summed E-state index contributed by atoms with van der Waals surface area (Å²) in [6.07, 6.45) is 0.905. The average molecular weight is 215 g/mol. The Labute approximate surface area is 95.9 Å². The van der Waals surface area contributed by atoms with Crippen LogP contribution < -0.4 is 5.73 Å². The molecule has 0 aliphatic heterocycles. The summed E-state index contributed by atoms with van der Waals surface area (Å²) in [5.41, 5.74) is 10.5. The molecule has 0 bridgehead atoms. The Balaban J connectivity index is 2.58. The lowest BCUT2D eigenvalue weighted by Crippen LogP contribution is -2.04. The van der Waals surface area contributed by atoms with Crippen molar-refractivity contribution in [3.05, 3.63) is 41.1 Å². The van der Waals surface area contributed by atoms with Crippen molar-refractivity contribution in [2.75, 3.05) is 5.73 Å². The number of hydrogen-bond donors (Lipinski definition) is 1. The van der Waals surface area contributed by atoms with Crippen LogP contribution in [-0.4, -0.2) is 9.78 Å². The van der Waals surface area contributed by atoms with Gasteiger partial charge in [-0.1, -0.05) is 19.1 Å². The van der Waals surface area contributed by atoms with Crippen LogP contribution in [0.3, 0.4) is 0 Å². The minimum Gasteiger partial charge on any atom is -0.384 e. The molecule has 16 heavy (non-hydrogen) atoms. The van der Waals surface area contributed by atoms with Gasteiger partial charge in [0.2, 0.25) is 0 Å². The fraction of sp³-hybridized carbons (Fsp3) is 0.308. The maximum Gasteiger partial charge on any atom is 0.127 e. The zero-order chi connectivity index (χ0) is 11.7. The topological polar surface area (TPSA) is 43.8 Å². The second kappa shape index (κ2) is 4.00. The van der Waals surface area contributed by atoms with Crippen molar-refractivity contribution in [3.63, 3.8) is 0 Å². The van der Waals surface area contributed by atoms with E-state index < -0.39 is 0 Å². The van der Waals surface area contributed by atoms with Crippen LogP contribution in [0, 0.1) is 13.8 Å². The van der Waals surface area contributed by atoms with Gasteiger partial charge in [-0.2, -0.15) is 5.10 Å². The molecule has 0 aliphatic carbocycles. The van der Waals surface area contributed by atoms with Gasteiger partial charge in [0.1, 0.15) is 5.82 Å². The quantitative estimate of drug-likeness (QED) is 0.837.